The van der Waals surface area contributed by atoms with Gasteiger partial charge in [-0.1, -0.05) is 13.0 Å². The lowest BCUT2D eigenvalue weighted by Gasteiger charge is -2.12. The molecule has 6 nitrogen and oxygen atoms in total. The highest BCUT2D eigenvalue weighted by molar-refractivity contribution is 7.89. The van der Waals surface area contributed by atoms with E-state index in [0.717, 1.165) is 16.5 Å². The Bertz CT molecular complexity index is 1110. The molecule has 2 aromatic carbocycles. The summed E-state index contributed by atoms with van der Waals surface area (Å²) in [7, 11) is -3.75. The second-order valence-corrected chi connectivity index (χ2v) is 7.92. The third-order valence-corrected chi connectivity index (χ3v) is 5.91. The Hall–Kier alpha value is -2.71. The van der Waals surface area contributed by atoms with Gasteiger partial charge in [0.05, 0.1) is 4.90 Å². The van der Waals surface area contributed by atoms with Crippen LogP contribution in [0.25, 0.3) is 22.0 Å². The number of aryl methyl sites for hydroxylation is 1. The van der Waals surface area contributed by atoms with Crippen molar-refractivity contribution in [2.24, 2.45) is 5.73 Å². The van der Waals surface area contributed by atoms with Gasteiger partial charge in [-0.25, -0.2) is 17.5 Å². The summed E-state index contributed by atoms with van der Waals surface area (Å²) in [6.07, 6.45) is 2.22. The number of hydrogen-bond donors (Lipinski definition) is 3. The lowest BCUT2D eigenvalue weighted by atomic mass is 10.0. The van der Waals surface area contributed by atoms with Crippen LogP contribution in [0.4, 0.5) is 4.39 Å². The Morgan fingerprint density at radius 1 is 1.22 bits per heavy atom. The van der Waals surface area contributed by atoms with E-state index in [2.05, 4.69) is 9.71 Å². The third kappa shape index (κ3) is 4.01. The van der Waals surface area contributed by atoms with E-state index in [1.165, 1.54) is 12.1 Å². The number of benzene rings is 2. The predicted molar refractivity (Wildman–Crippen MR) is 102 cm³/mol. The lowest BCUT2D eigenvalue weighted by molar-refractivity contribution is -0.117. The minimum absolute atomic E-state index is 0.0451. The predicted octanol–water partition coefficient (Wildman–Crippen LogP) is 2.69. The van der Waals surface area contributed by atoms with Crippen molar-refractivity contribution >= 4 is 26.8 Å². The molecular formula is C19H20FN3O3S. The number of hydrogen-bond acceptors (Lipinski definition) is 3. The summed E-state index contributed by atoms with van der Waals surface area (Å²) >= 11 is 0. The maximum absolute atomic E-state index is 13.4. The molecule has 1 amide bonds. The van der Waals surface area contributed by atoms with E-state index in [1.807, 2.05) is 13.0 Å². The van der Waals surface area contributed by atoms with Crippen molar-refractivity contribution in [1.82, 2.24) is 9.71 Å². The Morgan fingerprint density at radius 2 is 2.00 bits per heavy atom. The molecule has 8 heteroatoms. The smallest absolute Gasteiger partial charge is 0.240 e. The summed E-state index contributed by atoms with van der Waals surface area (Å²) in [4.78, 5) is 14.0. The quantitative estimate of drug-likeness (QED) is 0.578. The van der Waals surface area contributed by atoms with Crippen molar-refractivity contribution in [3.05, 3.63) is 54.0 Å². The van der Waals surface area contributed by atoms with E-state index in [-0.39, 0.29) is 23.7 Å². The van der Waals surface area contributed by atoms with Crippen LogP contribution < -0.4 is 10.5 Å². The lowest BCUT2D eigenvalue weighted by Crippen LogP contribution is -2.28. The van der Waals surface area contributed by atoms with Gasteiger partial charge < -0.3 is 10.7 Å². The number of amides is 1. The van der Waals surface area contributed by atoms with E-state index < -0.39 is 15.9 Å². The second kappa shape index (κ2) is 7.50. The first kappa shape index (κ1) is 19.1. The van der Waals surface area contributed by atoms with E-state index in [1.54, 1.807) is 24.4 Å². The van der Waals surface area contributed by atoms with Crippen LogP contribution >= 0.6 is 0 Å². The molecule has 142 valence electrons. The molecule has 0 atom stereocenters. The van der Waals surface area contributed by atoms with Crippen LogP contribution in [0.3, 0.4) is 0 Å². The third-order valence-electron chi connectivity index (χ3n) is 4.35. The van der Waals surface area contributed by atoms with Gasteiger partial charge in [0.25, 0.3) is 0 Å². The van der Waals surface area contributed by atoms with Gasteiger partial charge in [-0.2, -0.15) is 0 Å². The van der Waals surface area contributed by atoms with Crippen molar-refractivity contribution in [1.29, 1.82) is 0 Å². The van der Waals surface area contributed by atoms with Gasteiger partial charge in [0.2, 0.25) is 15.9 Å². The monoisotopic (exact) mass is 389 g/mol. The number of carbonyl (C=O) groups is 1. The molecule has 1 heterocycles. The molecule has 4 N–H and O–H groups in total. The molecule has 0 unspecified atom stereocenters. The van der Waals surface area contributed by atoms with Gasteiger partial charge in [-0.15, -0.1) is 0 Å². The minimum Gasteiger partial charge on any atom is -0.370 e. The van der Waals surface area contributed by atoms with Crippen molar-refractivity contribution in [3.63, 3.8) is 0 Å². The number of nitrogens with two attached hydrogens (primary N) is 1. The fraction of sp³-hybridized carbons (Fsp3) is 0.211. The van der Waals surface area contributed by atoms with Gasteiger partial charge >= 0.3 is 0 Å². The molecule has 0 radical (unpaired) electrons. The number of aromatic amines is 1. The van der Waals surface area contributed by atoms with Crippen LogP contribution in [0, 0.1) is 5.82 Å². The van der Waals surface area contributed by atoms with Crippen molar-refractivity contribution in [2.75, 3.05) is 6.54 Å². The van der Waals surface area contributed by atoms with Crippen molar-refractivity contribution < 1.29 is 17.6 Å². The molecule has 0 saturated carbocycles. The van der Waals surface area contributed by atoms with Crippen LogP contribution in [0.5, 0.6) is 0 Å². The first-order chi connectivity index (χ1) is 12.8. The van der Waals surface area contributed by atoms with Crippen molar-refractivity contribution in [3.8, 4) is 11.1 Å². The van der Waals surface area contributed by atoms with Crippen LogP contribution in [0.2, 0.25) is 0 Å². The average molecular weight is 389 g/mol. The maximum Gasteiger partial charge on any atom is 0.240 e. The Morgan fingerprint density at radius 3 is 2.70 bits per heavy atom. The van der Waals surface area contributed by atoms with E-state index in [0.29, 0.717) is 17.5 Å². The van der Waals surface area contributed by atoms with Crippen LogP contribution in [-0.4, -0.2) is 25.9 Å². The van der Waals surface area contributed by atoms with E-state index in [9.17, 15) is 17.6 Å². The first-order valence-corrected chi connectivity index (χ1v) is 9.98. The van der Waals surface area contributed by atoms with Crippen LogP contribution in [0.15, 0.2) is 47.5 Å². The normalized spacial score (nSPS) is 11.8. The fourth-order valence-electron chi connectivity index (χ4n) is 3.01. The number of aromatic nitrogens is 1. The van der Waals surface area contributed by atoms with Crippen molar-refractivity contribution in [2.45, 2.75) is 24.7 Å². The standard InChI is InChI=1S/C19H20FN3O3S/c1-2-12-9-13(16-11-22-17-10-14(20)4-5-15(16)17)3-6-18(12)27(25,26)23-8-7-19(21)24/h3-6,9-11,22-23H,2,7-8H2,1H3,(H2,21,24). The van der Waals surface area contributed by atoms with Gasteiger partial charge in [-0.05, 0) is 47.9 Å². The van der Waals surface area contributed by atoms with Crippen LogP contribution in [0.1, 0.15) is 18.9 Å². The molecule has 0 aliphatic carbocycles. The second-order valence-electron chi connectivity index (χ2n) is 6.18. The zero-order chi connectivity index (χ0) is 19.6. The molecule has 3 aromatic rings. The zero-order valence-electron chi connectivity index (χ0n) is 14.8. The highest BCUT2D eigenvalue weighted by Gasteiger charge is 2.19. The Kier molecular flexibility index (Phi) is 5.29. The number of sulfonamides is 1. The molecule has 0 aliphatic rings. The Labute approximate surface area is 156 Å². The summed E-state index contributed by atoms with van der Waals surface area (Å²) in [6, 6.07) is 9.58. The summed E-state index contributed by atoms with van der Waals surface area (Å²) in [6.45, 7) is 1.82. The van der Waals surface area contributed by atoms with E-state index >= 15 is 0 Å². The number of nitrogens with one attached hydrogen (secondary N) is 2. The number of rotatable bonds is 7. The number of primary amides is 1. The summed E-state index contributed by atoms with van der Waals surface area (Å²) in [5, 5.41) is 0.855. The molecule has 0 aliphatic heterocycles. The highest BCUT2D eigenvalue weighted by Crippen LogP contribution is 2.31. The number of fused-ring (bicyclic) bond motifs is 1. The molecule has 0 spiro atoms. The number of halogens is 1. The SMILES string of the molecule is CCc1cc(-c2c[nH]c3cc(F)ccc23)ccc1S(=O)(=O)NCCC(N)=O. The summed E-state index contributed by atoms with van der Waals surface area (Å²) in [5.74, 6) is -0.895. The summed E-state index contributed by atoms with van der Waals surface area (Å²) < 4.78 is 40.8. The molecular weight excluding hydrogens is 369 g/mol. The van der Waals surface area contributed by atoms with E-state index in [4.69, 9.17) is 5.73 Å². The summed E-state index contributed by atoms with van der Waals surface area (Å²) in [5.41, 5.74) is 8.07. The van der Waals surface area contributed by atoms with Gasteiger partial charge in [0.1, 0.15) is 5.82 Å². The topological polar surface area (TPSA) is 105 Å². The number of carbonyl (C=O) groups excluding carboxylic acids is 1. The molecule has 27 heavy (non-hydrogen) atoms. The highest BCUT2D eigenvalue weighted by atomic mass is 32.2. The van der Waals surface area contributed by atoms with Crippen LogP contribution in [-0.2, 0) is 21.2 Å². The fourth-order valence-corrected chi connectivity index (χ4v) is 4.33. The Balaban J connectivity index is 1.97. The molecule has 0 bridgehead atoms. The maximum atomic E-state index is 13.4. The zero-order valence-corrected chi connectivity index (χ0v) is 15.6. The van der Waals surface area contributed by atoms with Gasteiger partial charge in [0, 0.05) is 35.6 Å². The average Bonchev–Trinajstić information content (AvgIpc) is 3.03. The number of H-pyrrole nitrogens is 1. The molecule has 0 saturated heterocycles. The molecule has 3 rings (SSSR count). The molecule has 0 fully saturated rings. The minimum atomic E-state index is -3.75. The van der Waals surface area contributed by atoms with Gasteiger partial charge in [0.15, 0.2) is 0 Å². The van der Waals surface area contributed by atoms with Gasteiger partial charge in [-0.3, -0.25) is 4.79 Å². The first-order valence-electron chi connectivity index (χ1n) is 8.49. The largest absolute Gasteiger partial charge is 0.370 e. The molecule has 1 aromatic heterocycles.